The van der Waals surface area contributed by atoms with Gasteiger partial charge in [0.2, 0.25) is 0 Å². The number of amides is 2. The number of halogens is 1. The Bertz CT molecular complexity index is 1040. The first-order chi connectivity index (χ1) is 13.1. The van der Waals surface area contributed by atoms with Gasteiger partial charge in [0.05, 0.1) is 10.6 Å². The Morgan fingerprint density at radius 2 is 1.89 bits per heavy atom. The predicted octanol–water partition coefficient (Wildman–Crippen LogP) is 5.50. The summed E-state index contributed by atoms with van der Waals surface area (Å²) in [5.74, 6) is -0.375. The fourth-order valence-electron chi connectivity index (χ4n) is 3.46. The molecule has 0 unspecified atom stereocenters. The van der Waals surface area contributed by atoms with Crippen LogP contribution in [0.15, 0.2) is 24.3 Å². The molecule has 0 bridgehead atoms. The molecular weight excluding hydrogens is 400 g/mol. The molecule has 0 radical (unpaired) electrons. The third-order valence-electron chi connectivity index (χ3n) is 4.70. The Morgan fingerprint density at radius 3 is 2.67 bits per heavy atom. The van der Waals surface area contributed by atoms with Crippen LogP contribution in [-0.4, -0.2) is 18.4 Å². The first kappa shape index (κ1) is 18.5. The zero-order valence-corrected chi connectivity index (χ0v) is 17.2. The number of thiophene rings is 2. The zero-order valence-electron chi connectivity index (χ0n) is 14.9. The van der Waals surface area contributed by atoms with Crippen molar-refractivity contribution in [3.8, 4) is 0 Å². The minimum Gasteiger partial charge on any atom is -0.352 e. The number of hydrogen-bond donors (Lipinski definition) is 2. The Morgan fingerprint density at radius 1 is 1.11 bits per heavy atom. The summed E-state index contributed by atoms with van der Waals surface area (Å²) in [5, 5.41) is 7.82. The van der Waals surface area contributed by atoms with Crippen molar-refractivity contribution in [3.05, 3.63) is 50.2 Å². The van der Waals surface area contributed by atoms with Gasteiger partial charge in [-0.1, -0.05) is 29.8 Å². The van der Waals surface area contributed by atoms with Crippen molar-refractivity contribution in [2.75, 3.05) is 11.9 Å². The van der Waals surface area contributed by atoms with Crippen molar-refractivity contribution in [3.63, 3.8) is 0 Å². The van der Waals surface area contributed by atoms with E-state index in [9.17, 15) is 9.59 Å². The van der Waals surface area contributed by atoms with Crippen LogP contribution < -0.4 is 10.6 Å². The van der Waals surface area contributed by atoms with Gasteiger partial charge in [-0.05, 0) is 44.2 Å². The van der Waals surface area contributed by atoms with Gasteiger partial charge in [-0.15, -0.1) is 22.7 Å². The van der Waals surface area contributed by atoms with E-state index in [0.29, 0.717) is 27.0 Å². The number of nitrogens with one attached hydrogen (secondary N) is 2. The maximum absolute atomic E-state index is 12.9. The number of aryl methyl sites for hydroxylation is 1. The zero-order chi connectivity index (χ0) is 19.0. The first-order valence-electron chi connectivity index (χ1n) is 9.01. The van der Waals surface area contributed by atoms with Gasteiger partial charge in [0.25, 0.3) is 11.8 Å². The minimum atomic E-state index is -0.259. The Kier molecular flexibility index (Phi) is 5.21. The topological polar surface area (TPSA) is 58.2 Å². The van der Waals surface area contributed by atoms with E-state index in [1.54, 1.807) is 0 Å². The highest BCUT2D eigenvalue weighted by Crippen LogP contribution is 2.40. The molecule has 0 fully saturated rings. The van der Waals surface area contributed by atoms with Crippen LogP contribution in [0.1, 0.15) is 50.2 Å². The number of hydrogen-bond acceptors (Lipinski definition) is 4. The van der Waals surface area contributed by atoms with Crippen molar-refractivity contribution in [2.24, 2.45) is 0 Å². The molecule has 2 N–H and O–H groups in total. The molecule has 27 heavy (non-hydrogen) atoms. The second-order valence-corrected chi connectivity index (χ2v) is 9.01. The van der Waals surface area contributed by atoms with E-state index in [2.05, 4.69) is 10.6 Å². The van der Waals surface area contributed by atoms with Crippen molar-refractivity contribution in [2.45, 2.75) is 32.6 Å². The van der Waals surface area contributed by atoms with Gasteiger partial charge < -0.3 is 10.6 Å². The summed E-state index contributed by atoms with van der Waals surface area (Å²) in [6, 6.07) is 7.70. The molecule has 2 heterocycles. The average molecular weight is 419 g/mol. The van der Waals surface area contributed by atoms with E-state index < -0.39 is 0 Å². The van der Waals surface area contributed by atoms with Gasteiger partial charge in [-0.3, -0.25) is 9.59 Å². The third-order valence-corrected chi connectivity index (χ3v) is 7.59. The molecular formula is C20H19ClN2O2S2. The van der Waals surface area contributed by atoms with Crippen LogP contribution in [0.3, 0.4) is 0 Å². The predicted molar refractivity (Wildman–Crippen MR) is 114 cm³/mol. The van der Waals surface area contributed by atoms with Crippen molar-refractivity contribution < 1.29 is 9.59 Å². The number of fused-ring (bicyclic) bond motifs is 2. The number of benzene rings is 1. The Labute approximate surface area is 170 Å². The number of anilines is 1. The van der Waals surface area contributed by atoms with E-state index in [0.717, 1.165) is 41.3 Å². The van der Waals surface area contributed by atoms with Crippen molar-refractivity contribution in [1.29, 1.82) is 0 Å². The summed E-state index contributed by atoms with van der Waals surface area (Å²) in [6.45, 7) is 2.45. The number of carbonyl (C=O) groups is 2. The van der Waals surface area contributed by atoms with Gasteiger partial charge in [-0.25, -0.2) is 0 Å². The summed E-state index contributed by atoms with van der Waals surface area (Å²) in [6.07, 6.45) is 4.05. The highest BCUT2D eigenvalue weighted by molar-refractivity contribution is 7.22. The lowest BCUT2D eigenvalue weighted by atomic mass is 9.95. The van der Waals surface area contributed by atoms with E-state index in [-0.39, 0.29) is 11.8 Å². The fraction of sp³-hybridized carbons (Fsp3) is 0.300. The van der Waals surface area contributed by atoms with Gasteiger partial charge >= 0.3 is 0 Å². The molecule has 3 aromatic rings. The summed E-state index contributed by atoms with van der Waals surface area (Å²) in [5.41, 5.74) is 1.72. The molecule has 2 aromatic heterocycles. The maximum atomic E-state index is 12.9. The van der Waals surface area contributed by atoms with Crippen LogP contribution in [-0.2, 0) is 12.8 Å². The van der Waals surface area contributed by atoms with Crippen LogP contribution in [0.25, 0.3) is 10.1 Å². The minimum absolute atomic E-state index is 0.116. The lowest BCUT2D eigenvalue weighted by Crippen LogP contribution is -2.25. The SMILES string of the molecule is CCNC(=O)c1c(NC(=O)c2sc3ccccc3c2Cl)sc2c1CCCC2. The van der Waals surface area contributed by atoms with Crippen LogP contribution in [0.4, 0.5) is 5.00 Å². The van der Waals surface area contributed by atoms with Crippen LogP contribution in [0, 0.1) is 0 Å². The fourth-order valence-corrected chi connectivity index (χ4v) is 6.16. The standard InChI is InChI=1S/C20H19ClN2O2S2/c1-2-22-18(24)15-11-7-3-5-9-13(11)27-20(15)23-19(25)17-16(21)12-8-4-6-10-14(12)26-17/h4,6,8,10H,2-3,5,7,9H2,1H3,(H,22,24)(H,23,25). The quantitative estimate of drug-likeness (QED) is 0.587. The number of carbonyl (C=O) groups excluding carboxylic acids is 2. The largest absolute Gasteiger partial charge is 0.352 e. The summed E-state index contributed by atoms with van der Waals surface area (Å²) in [7, 11) is 0. The lowest BCUT2D eigenvalue weighted by Gasteiger charge is -2.12. The molecule has 7 heteroatoms. The Balaban J connectivity index is 1.71. The van der Waals surface area contributed by atoms with Gasteiger partial charge in [0.1, 0.15) is 9.88 Å². The summed E-state index contributed by atoms with van der Waals surface area (Å²) >= 11 is 9.34. The van der Waals surface area contributed by atoms with Crippen LogP contribution in [0.5, 0.6) is 0 Å². The van der Waals surface area contributed by atoms with E-state index in [1.807, 2.05) is 31.2 Å². The Hall–Kier alpha value is -1.89. The average Bonchev–Trinajstić information content (AvgIpc) is 3.20. The highest BCUT2D eigenvalue weighted by Gasteiger charge is 2.27. The second-order valence-electron chi connectivity index (χ2n) is 6.47. The number of rotatable bonds is 4. The van der Waals surface area contributed by atoms with E-state index in [1.165, 1.54) is 27.6 Å². The molecule has 1 aliphatic carbocycles. The second kappa shape index (κ2) is 7.62. The smallest absolute Gasteiger partial charge is 0.267 e. The summed E-state index contributed by atoms with van der Waals surface area (Å²) in [4.78, 5) is 27.3. The molecule has 0 spiro atoms. The summed E-state index contributed by atoms with van der Waals surface area (Å²) < 4.78 is 0.974. The lowest BCUT2D eigenvalue weighted by molar-refractivity contribution is 0.0956. The van der Waals surface area contributed by atoms with Gasteiger partial charge in [-0.2, -0.15) is 0 Å². The van der Waals surface area contributed by atoms with Crippen molar-refractivity contribution in [1.82, 2.24) is 5.32 Å². The van der Waals surface area contributed by atoms with Crippen LogP contribution >= 0.6 is 34.3 Å². The van der Waals surface area contributed by atoms with Gasteiger partial charge in [0, 0.05) is 21.5 Å². The molecule has 2 amide bonds. The molecule has 1 aromatic carbocycles. The van der Waals surface area contributed by atoms with Crippen LogP contribution in [0.2, 0.25) is 5.02 Å². The highest BCUT2D eigenvalue weighted by atomic mass is 35.5. The molecule has 0 saturated heterocycles. The van der Waals surface area contributed by atoms with E-state index in [4.69, 9.17) is 11.6 Å². The third kappa shape index (κ3) is 3.37. The molecule has 0 saturated carbocycles. The molecule has 0 atom stereocenters. The molecule has 1 aliphatic rings. The monoisotopic (exact) mass is 418 g/mol. The van der Waals surface area contributed by atoms with Crippen molar-refractivity contribution >= 4 is 61.2 Å². The van der Waals surface area contributed by atoms with Gasteiger partial charge in [0.15, 0.2) is 0 Å². The maximum Gasteiger partial charge on any atom is 0.267 e. The molecule has 4 rings (SSSR count). The normalized spacial score (nSPS) is 13.4. The van der Waals surface area contributed by atoms with E-state index >= 15 is 0 Å². The molecule has 0 aliphatic heterocycles. The molecule has 4 nitrogen and oxygen atoms in total. The molecule has 140 valence electrons. The first-order valence-corrected chi connectivity index (χ1v) is 11.0.